The Balaban J connectivity index is 1.48. The van der Waals surface area contributed by atoms with Gasteiger partial charge in [-0.25, -0.2) is 9.97 Å². The van der Waals surface area contributed by atoms with E-state index >= 15 is 0 Å². The minimum atomic E-state index is 0.111. The van der Waals surface area contributed by atoms with Crippen molar-refractivity contribution in [3.8, 4) is 6.07 Å². The van der Waals surface area contributed by atoms with Crippen molar-refractivity contribution in [1.29, 1.82) is 5.26 Å². The molecule has 8 heteroatoms. The Morgan fingerprint density at radius 1 is 1.09 bits per heavy atom. The van der Waals surface area contributed by atoms with E-state index in [0.717, 1.165) is 70.4 Å². The van der Waals surface area contributed by atoms with E-state index in [4.69, 9.17) is 10.00 Å². The SMILES string of the molecule is CCOCCN1CCN(c2ccc(CNCc3cnc(C#N)nc3NCC(C)(C)C)cc2)CC1. The fourth-order valence-corrected chi connectivity index (χ4v) is 3.83. The highest BCUT2D eigenvalue weighted by Gasteiger charge is 2.17. The lowest BCUT2D eigenvalue weighted by molar-refractivity contribution is 0.111. The Morgan fingerprint density at radius 2 is 1.82 bits per heavy atom. The fraction of sp³-hybridized carbons (Fsp3) is 0.577. The van der Waals surface area contributed by atoms with Crippen LogP contribution in [0.15, 0.2) is 30.5 Å². The van der Waals surface area contributed by atoms with Gasteiger partial charge in [-0.05, 0) is 30.0 Å². The minimum absolute atomic E-state index is 0.111. The smallest absolute Gasteiger partial charge is 0.234 e. The molecule has 0 amide bonds. The molecule has 184 valence electrons. The van der Waals surface area contributed by atoms with Crippen molar-refractivity contribution in [2.75, 3.05) is 62.7 Å². The van der Waals surface area contributed by atoms with Crippen LogP contribution in [0.1, 0.15) is 44.6 Å². The second-order valence-electron chi connectivity index (χ2n) is 9.89. The zero-order valence-electron chi connectivity index (χ0n) is 21.1. The van der Waals surface area contributed by atoms with Crippen molar-refractivity contribution < 1.29 is 4.74 Å². The van der Waals surface area contributed by atoms with Gasteiger partial charge in [0.1, 0.15) is 11.9 Å². The molecule has 0 unspecified atom stereocenters. The molecule has 1 aromatic heterocycles. The van der Waals surface area contributed by atoms with E-state index in [1.165, 1.54) is 11.3 Å². The molecular weight excluding hydrogens is 426 g/mol. The summed E-state index contributed by atoms with van der Waals surface area (Å²) >= 11 is 0. The Morgan fingerprint density at radius 3 is 2.47 bits per heavy atom. The summed E-state index contributed by atoms with van der Waals surface area (Å²) < 4.78 is 5.48. The van der Waals surface area contributed by atoms with Gasteiger partial charge in [-0.1, -0.05) is 32.9 Å². The number of piperazine rings is 1. The van der Waals surface area contributed by atoms with E-state index in [-0.39, 0.29) is 11.2 Å². The average Bonchev–Trinajstić information content (AvgIpc) is 2.84. The van der Waals surface area contributed by atoms with Crippen molar-refractivity contribution in [3.05, 3.63) is 47.4 Å². The Kier molecular flexibility index (Phi) is 9.63. The van der Waals surface area contributed by atoms with E-state index < -0.39 is 0 Å². The van der Waals surface area contributed by atoms with E-state index in [1.807, 2.05) is 13.0 Å². The largest absolute Gasteiger partial charge is 0.380 e. The summed E-state index contributed by atoms with van der Waals surface area (Å²) in [5, 5.41) is 16.0. The lowest BCUT2D eigenvalue weighted by atomic mass is 9.97. The summed E-state index contributed by atoms with van der Waals surface area (Å²) in [6.45, 7) is 17.6. The van der Waals surface area contributed by atoms with Crippen LogP contribution in [0.4, 0.5) is 11.5 Å². The minimum Gasteiger partial charge on any atom is -0.380 e. The third kappa shape index (κ3) is 8.24. The van der Waals surface area contributed by atoms with Gasteiger partial charge >= 0.3 is 0 Å². The first-order valence-electron chi connectivity index (χ1n) is 12.2. The van der Waals surface area contributed by atoms with Gasteiger partial charge in [0, 0.05) is 76.4 Å². The van der Waals surface area contributed by atoms with Crippen LogP contribution in [0, 0.1) is 16.7 Å². The van der Waals surface area contributed by atoms with Gasteiger partial charge in [0.05, 0.1) is 6.61 Å². The zero-order chi connectivity index (χ0) is 24.4. The van der Waals surface area contributed by atoms with Crippen LogP contribution in [-0.4, -0.2) is 67.4 Å². The van der Waals surface area contributed by atoms with Crippen LogP contribution >= 0.6 is 0 Å². The average molecular weight is 466 g/mol. The van der Waals surface area contributed by atoms with Gasteiger partial charge in [-0.2, -0.15) is 5.26 Å². The van der Waals surface area contributed by atoms with E-state index in [2.05, 4.69) is 75.4 Å². The van der Waals surface area contributed by atoms with Crippen molar-refractivity contribution in [3.63, 3.8) is 0 Å². The summed E-state index contributed by atoms with van der Waals surface area (Å²) in [6.07, 6.45) is 1.74. The summed E-state index contributed by atoms with van der Waals surface area (Å²) in [5.41, 5.74) is 3.59. The number of hydrogen-bond donors (Lipinski definition) is 2. The van der Waals surface area contributed by atoms with E-state index in [0.29, 0.717) is 6.54 Å². The Labute approximate surface area is 204 Å². The predicted molar refractivity (Wildman–Crippen MR) is 137 cm³/mol. The summed E-state index contributed by atoms with van der Waals surface area (Å²) in [4.78, 5) is 13.4. The Bertz CT molecular complexity index is 926. The van der Waals surface area contributed by atoms with Crippen molar-refractivity contribution in [2.24, 2.45) is 5.41 Å². The summed E-state index contributed by atoms with van der Waals surface area (Å²) in [6, 6.07) is 10.8. The first-order chi connectivity index (χ1) is 16.4. The first-order valence-corrected chi connectivity index (χ1v) is 12.2. The van der Waals surface area contributed by atoms with Crippen molar-refractivity contribution in [2.45, 2.75) is 40.8 Å². The molecule has 1 aliphatic rings. The first kappa shape index (κ1) is 25.9. The number of nitrogens with zero attached hydrogens (tertiary/aromatic N) is 5. The van der Waals surface area contributed by atoms with Crippen molar-refractivity contribution >= 4 is 11.5 Å². The fourth-order valence-electron chi connectivity index (χ4n) is 3.83. The standard InChI is InChI=1S/C26H39N7O/c1-5-34-15-14-32-10-12-33(13-11-32)23-8-6-21(7-9-23)17-28-18-22-19-29-24(16-27)31-25(22)30-20-26(2,3)4/h6-9,19,28H,5,10-15,17-18,20H2,1-4H3,(H,29,30,31). The van der Waals surface area contributed by atoms with Gasteiger partial charge in [0.2, 0.25) is 5.82 Å². The number of benzene rings is 1. The third-order valence-corrected chi connectivity index (χ3v) is 5.83. The molecule has 0 saturated carbocycles. The normalized spacial score (nSPS) is 14.7. The quantitative estimate of drug-likeness (QED) is 0.489. The molecule has 1 saturated heterocycles. The molecule has 1 aliphatic heterocycles. The molecule has 1 aromatic carbocycles. The molecule has 0 radical (unpaired) electrons. The number of anilines is 2. The lowest BCUT2D eigenvalue weighted by Crippen LogP contribution is -2.47. The van der Waals surface area contributed by atoms with Crippen LogP contribution in [0.3, 0.4) is 0 Å². The molecule has 1 fully saturated rings. The number of aromatic nitrogens is 2. The lowest BCUT2D eigenvalue weighted by Gasteiger charge is -2.36. The topological polar surface area (TPSA) is 89.3 Å². The second-order valence-corrected chi connectivity index (χ2v) is 9.89. The van der Waals surface area contributed by atoms with Crippen LogP contribution in [0.2, 0.25) is 0 Å². The third-order valence-electron chi connectivity index (χ3n) is 5.83. The van der Waals surface area contributed by atoms with Crippen LogP contribution in [-0.2, 0) is 17.8 Å². The van der Waals surface area contributed by atoms with Gasteiger partial charge in [0.15, 0.2) is 0 Å². The van der Waals surface area contributed by atoms with Gasteiger partial charge < -0.3 is 20.3 Å². The molecule has 0 spiro atoms. The van der Waals surface area contributed by atoms with E-state index in [9.17, 15) is 0 Å². The maximum Gasteiger partial charge on any atom is 0.234 e. The zero-order valence-corrected chi connectivity index (χ0v) is 21.1. The highest BCUT2D eigenvalue weighted by Crippen LogP contribution is 2.19. The van der Waals surface area contributed by atoms with E-state index in [1.54, 1.807) is 6.20 Å². The van der Waals surface area contributed by atoms with Gasteiger partial charge in [-0.3, -0.25) is 4.90 Å². The second kappa shape index (κ2) is 12.7. The molecule has 0 aliphatic carbocycles. The maximum absolute atomic E-state index is 9.15. The molecule has 8 nitrogen and oxygen atoms in total. The van der Waals surface area contributed by atoms with Gasteiger partial charge in [-0.15, -0.1) is 0 Å². The molecule has 2 N–H and O–H groups in total. The molecular formula is C26H39N7O. The number of nitriles is 1. The predicted octanol–water partition coefficient (Wildman–Crippen LogP) is 3.25. The Hall–Kier alpha value is -2.73. The maximum atomic E-state index is 9.15. The highest BCUT2D eigenvalue weighted by atomic mass is 16.5. The molecule has 2 heterocycles. The van der Waals surface area contributed by atoms with Crippen molar-refractivity contribution in [1.82, 2.24) is 20.2 Å². The van der Waals surface area contributed by atoms with Crippen LogP contribution < -0.4 is 15.5 Å². The summed E-state index contributed by atoms with van der Waals surface area (Å²) in [7, 11) is 0. The molecule has 0 bridgehead atoms. The molecule has 34 heavy (non-hydrogen) atoms. The molecule has 2 aromatic rings. The monoisotopic (exact) mass is 465 g/mol. The molecule has 0 atom stereocenters. The van der Waals surface area contributed by atoms with Crippen LogP contribution in [0.25, 0.3) is 0 Å². The number of ether oxygens (including phenoxy) is 1. The van der Waals surface area contributed by atoms with Crippen LogP contribution in [0.5, 0.6) is 0 Å². The number of hydrogen-bond acceptors (Lipinski definition) is 8. The summed E-state index contributed by atoms with van der Waals surface area (Å²) in [5.74, 6) is 0.913. The number of rotatable bonds is 11. The number of nitrogens with one attached hydrogen (secondary N) is 2. The highest BCUT2D eigenvalue weighted by molar-refractivity contribution is 5.48. The van der Waals surface area contributed by atoms with Gasteiger partial charge in [0.25, 0.3) is 0 Å². The molecule has 3 rings (SSSR count).